The van der Waals surface area contributed by atoms with Crippen molar-refractivity contribution in [2.45, 2.75) is 6.92 Å². The average Bonchev–Trinajstić information content (AvgIpc) is 3.24. The van der Waals surface area contributed by atoms with Crippen LogP contribution in [0, 0.1) is 18.8 Å². The van der Waals surface area contributed by atoms with Crippen molar-refractivity contribution in [1.29, 1.82) is 0 Å². The largest absolute Gasteiger partial charge is 0.469 e. The van der Waals surface area contributed by atoms with Crippen LogP contribution >= 0.6 is 0 Å². The number of carbonyl (C=O) groups is 2. The SMILES string of the molecule is Cc1occc1C(=O)N1C[C@H]2CN(c3cncnc3)C(=O)[C@H]2C1. The molecule has 2 atom stereocenters. The van der Waals surface area contributed by atoms with Gasteiger partial charge in [-0.1, -0.05) is 0 Å². The molecule has 4 heterocycles. The molecule has 2 saturated heterocycles. The summed E-state index contributed by atoms with van der Waals surface area (Å²) in [7, 11) is 0. The number of hydrogen-bond acceptors (Lipinski definition) is 5. The monoisotopic (exact) mass is 312 g/mol. The predicted molar refractivity (Wildman–Crippen MR) is 80.7 cm³/mol. The van der Waals surface area contributed by atoms with Gasteiger partial charge >= 0.3 is 0 Å². The first-order chi connectivity index (χ1) is 11.1. The fraction of sp³-hybridized carbons (Fsp3) is 0.375. The van der Waals surface area contributed by atoms with Crippen molar-refractivity contribution in [3.8, 4) is 0 Å². The second-order valence-corrected chi connectivity index (χ2v) is 6.01. The molecule has 23 heavy (non-hydrogen) atoms. The highest BCUT2D eigenvalue weighted by Crippen LogP contribution is 2.35. The molecule has 0 bridgehead atoms. The molecule has 2 aliphatic rings. The number of fused-ring (bicyclic) bond motifs is 1. The number of rotatable bonds is 2. The summed E-state index contributed by atoms with van der Waals surface area (Å²) in [5.74, 6) is 0.601. The Kier molecular flexibility index (Phi) is 3.14. The molecule has 2 fully saturated rings. The van der Waals surface area contributed by atoms with Gasteiger partial charge in [-0.15, -0.1) is 0 Å². The molecule has 2 amide bonds. The van der Waals surface area contributed by atoms with Crippen LogP contribution < -0.4 is 4.90 Å². The van der Waals surface area contributed by atoms with Crippen LogP contribution in [0.25, 0.3) is 0 Å². The molecule has 0 saturated carbocycles. The Morgan fingerprint density at radius 2 is 2.04 bits per heavy atom. The second kappa shape index (κ2) is 5.19. The maximum Gasteiger partial charge on any atom is 0.257 e. The molecule has 118 valence electrons. The Hall–Kier alpha value is -2.70. The number of nitrogens with zero attached hydrogens (tertiary/aromatic N) is 4. The van der Waals surface area contributed by atoms with Gasteiger partial charge in [0.15, 0.2) is 0 Å². The summed E-state index contributed by atoms with van der Waals surface area (Å²) < 4.78 is 5.20. The Labute approximate surface area is 132 Å². The molecule has 2 aliphatic heterocycles. The Balaban J connectivity index is 1.50. The summed E-state index contributed by atoms with van der Waals surface area (Å²) in [5.41, 5.74) is 1.29. The third kappa shape index (κ3) is 2.19. The van der Waals surface area contributed by atoms with Crippen LogP contribution in [0.2, 0.25) is 0 Å². The number of carbonyl (C=O) groups excluding carboxylic acids is 2. The zero-order valence-electron chi connectivity index (χ0n) is 12.7. The van der Waals surface area contributed by atoms with Crippen LogP contribution in [0.1, 0.15) is 16.1 Å². The molecular weight excluding hydrogens is 296 g/mol. The van der Waals surface area contributed by atoms with E-state index in [0.29, 0.717) is 31.0 Å². The van der Waals surface area contributed by atoms with E-state index in [2.05, 4.69) is 9.97 Å². The summed E-state index contributed by atoms with van der Waals surface area (Å²) in [4.78, 5) is 36.6. The summed E-state index contributed by atoms with van der Waals surface area (Å²) in [6.07, 6.45) is 6.24. The number of amides is 2. The predicted octanol–water partition coefficient (Wildman–Crippen LogP) is 1.11. The first-order valence-electron chi connectivity index (χ1n) is 7.55. The number of anilines is 1. The van der Waals surface area contributed by atoms with Gasteiger partial charge in [-0.2, -0.15) is 0 Å². The quantitative estimate of drug-likeness (QED) is 0.830. The van der Waals surface area contributed by atoms with Gasteiger partial charge in [-0.3, -0.25) is 9.59 Å². The number of furan rings is 1. The van der Waals surface area contributed by atoms with Gasteiger partial charge in [-0.25, -0.2) is 9.97 Å². The molecule has 0 N–H and O–H groups in total. The minimum absolute atomic E-state index is 0.0454. The smallest absolute Gasteiger partial charge is 0.257 e. The number of likely N-dealkylation sites (tertiary alicyclic amines) is 1. The average molecular weight is 312 g/mol. The molecule has 7 heteroatoms. The topological polar surface area (TPSA) is 79.5 Å². The number of aromatic nitrogens is 2. The molecule has 2 aromatic rings. The maximum atomic E-state index is 12.6. The van der Waals surface area contributed by atoms with Crippen molar-refractivity contribution in [2.75, 3.05) is 24.5 Å². The second-order valence-electron chi connectivity index (χ2n) is 6.01. The van der Waals surface area contributed by atoms with E-state index in [9.17, 15) is 9.59 Å². The highest BCUT2D eigenvalue weighted by Gasteiger charge is 2.48. The van der Waals surface area contributed by atoms with Gasteiger partial charge in [0, 0.05) is 25.6 Å². The molecule has 0 aliphatic carbocycles. The maximum absolute atomic E-state index is 12.6. The number of hydrogen-bond donors (Lipinski definition) is 0. The lowest BCUT2D eigenvalue weighted by Crippen LogP contribution is -2.35. The van der Waals surface area contributed by atoms with Crippen LogP contribution in [-0.2, 0) is 4.79 Å². The van der Waals surface area contributed by atoms with Crippen molar-refractivity contribution in [1.82, 2.24) is 14.9 Å². The number of aryl methyl sites for hydroxylation is 1. The van der Waals surface area contributed by atoms with E-state index in [1.54, 1.807) is 35.2 Å². The molecule has 0 aromatic carbocycles. The normalized spacial score (nSPS) is 23.4. The van der Waals surface area contributed by atoms with Crippen LogP contribution in [0.4, 0.5) is 5.69 Å². The molecular formula is C16H16N4O3. The van der Waals surface area contributed by atoms with E-state index in [-0.39, 0.29) is 23.7 Å². The zero-order valence-corrected chi connectivity index (χ0v) is 12.7. The fourth-order valence-corrected chi connectivity index (χ4v) is 3.47. The highest BCUT2D eigenvalue weighted by molar-refractivity contribution is 6.00. The minimum Gasteiger partial charge on any atom is -0.469 e. The Morgan fingerprint density at radius 3 is 2.70 bits per heavy atom. The summed E-state index contributed by atoms with van der Waals surface area (Å²) in [5, 5.41) is 0. The van der Waals surface area contributed by atoms with Crippen LogP contribution in [0.5, 0.6) is 0 Å². The zero-order chi connectivity index (χ0) is 16.0. The van der Waals surface area contributed by atoms with Gasteiger partial charge in [0.1, 0.15) is 12.1 Å². The standard InChI is InChI=1S/C16H16N4O3/c1-10-13(2-3-23-10)15(21)19-6-11-7-20(16(22)14(11)8-19)12-4-17-9-18-5-12/h2-5,9,11,14H,6-8H2,1H3/t11-,14-/m0/s1. The van der Waals surface area contributed by atoms with Crippen molar-refractivity contribution in [2.24, 2.45) is 11.8 Å². The van der Waals surface area contributed by atoms with Gasteiger partial charge < -0.3 is 14.2 Å². The van der Waals surface area contributed by atoms with E-state index in [1.807, 2.05) is 0 Å². The molecule has 0 unspecified atom stereocenters. The molecule has 7 nitrogen and oxygen atoms in total. The van der Waals surface area contributed by atoms with Gasteiger partial charge in [-0.05, 0) is 13.0 Å². The summed E-state index contributed by atoms with van der Waals surface area (Å²) >= 11 is 0. The van der Waals surface area contributed by atoms with Crippen molar-refractivity contribution < 1.29 is 14.0 Å². The first-order valence-corrected chi connectivity index (χ1v) is 7.55. The van der Waals surface area contributed by atoms with Crippen molar-refractivity contribution in [3.05, 3.63) is 42.4 Å². The van der Waals surface area contributed by atoms with Crippen molar-refractivity contribution in [3.63, 3.8) is 0 Å². The van der Waals surface area contributed by atoms with Crippen molar-refractivity contribution >= 4 is 17.5 Å². The highest BCUT2D eigenvalue weighted by atomic mass is 16.3. The van der Waals surface area contributed by atoms with E-state index < -0.39 is 0 Å². The van der Waals surface area contributed by atoms with Gasteiger partial charge in [0.25, 0.3) is 5.91 Å². The lowest BCUT2D eigenvalue weighted by molar-refractivity contribution is -0.120. The minimum atomic E-state index is -0.147. The summed E-state index contributed by atoms with van der Waals surface area (Å²) in [6.45, 7) is 3.42. The molecule has 2 aromatic heterocycles. The molecule has 0 spiro atoms. The Morgan fingerprint density at radius 1 is 1.26 bits per heavy atom. The first kappa shape index (κ1) is 13.9. The van der Waals surface area contributed by atoms with Crippen LogP contribution in [-0.4, -0.2) is 46.3 Å². The van der Waals surface area contributed by atoms with Gasteiger partial charge in [0.05, 0.1) is 35.8 Å². The van der Waals surface area contributed by atoms with E-state index >= 15 is 0 Å². The summed E-state index contributed by atoms with van der Waals surface area (Å²) in [6, 6.07) is 1.68. The van der Waals surface area contributed by atoms with Crippen LogP contribution in [0.15, 0.2) is 35.5 Å². The third-order valence-corrected chi connectivity index (χ3v) is 4.68. The molecule has 0 radical (unpaired) electrons. The lowest BCUT2D eigenvalue weighted by Gasteiger charge is -2.21. The lowest BCUT2D eigenvalue weighted by atomic mass is 10.0. The van der Waals surface area contributed by atoms with E-state index in [1.165, 1.54) is 12.6 Å². The van der Waals surface area contributed by atoms with E-state index in [4.69, 9.17) is 4.42 Å². The fourth-order valence-electron chi connectivity index (χ4n) is 3.47. The van der Waals surface area contributed by atoms with Crippen LogP contribution in [0.3, 0.4) is 0 Å². The van der Waals surface area contributed by atoms with Gasteiger partial charge in [0.2, 0.25) is 5.91 Å². The molecule has 4 rings (SSSR count). The van der Waals surface area contributed by atoms with E-state index in [0.717, 1.165) is 5.69 Å². The third-order valence-electron chi connectivity index (χ3n) is 4.68. The Bertz CT molecular complexity index is 758.